The van der Waals surface area contributed by atoms with Crippen molar-refractivity contribution in [3.63, 3.8) is 0 Å². The molecule has 20 heavy (non-hydrogen) atoms. The summed E-state index contributed by atoms with van der Waals surface area (Å²) in [7, 11) is 3.95. The fraction of sp³-hybridized carbons (Fsp3) is 0.286. The van der Waals surface area contributed by atoms with E-state index in [0.29, 0.717) is 22.9 Å². The van der Waals surface area contributed by atoms with Crippen molar-refractivity contribution >= 4 is 17.4 Å². The molecule has 0 saturated heterocycles. The Balaban J connectivity index is 2.09. The van der Waals surface area contributed by atoms with Gasteiger partial charge in [0, 0.05) is 12.7 Å². The zero-order valence-corrected chi connectivity index (χ0v) is 12.1. The second kappa shape index (κ2) is 6.42. The summed E-state index contributed by atoms with van der Waals surface area (Å²) in [5, 5.41) is 12.4. The molecule has 6 heteroatoms. The minimum Gasteiger partial charge on any atom is -0.468 e. The number of pyridine rings is 1. The zero-order chi connectivity index (χ0) is 14.5. The Morgan fingerprint density at radius 1 is 1.55 bits per heavy atom. The van der Waals surface area contributed by atoms with Crippen molar-refractivity contribution in [1.29, 1.82) is 5.26 Å². The molecule has 0 bridgehead atoms. The van der Waals surface area contributed by atoms with Gasteiger partial charge < -0.3 is 9.73 Å². The summed E-state index contributed by atoms with van der Waals surface area (Å²) in [6.45, 7) is 0.596. The molecule has 0 amide bonds. The predicted octanol–water partition coefficient (Wildman–Crippen LogP) is 2.91. The van der Waals surface area contributed by atoms with E-state index in [1.165, 1.54) is 6.20 Å². The van der Waals surface area contributed by atoms with Gasteiger partial charge in [-0.1, -0.05) is 11.6 Å². The Kier molecular flexibility index (Phi) is 4.61. The highest BCUT2D eigenvalue weighted by Crippen LogP contribution is 2.23. The number of hydrogen-bond donors (Lipinski definition) is 1. The summed E-state index contributed by atoms with van der Waals surface area (Å²) in [4.78, 5) is 6.19. The van der Waals surface area contributed by atoms with E-state index < -0.39 is 0 Å². The lowest BCUT2D eigenvalue weighted by Gasteiger charge is -2.23. The van der Waals surface area contributed by atoms with Gasteiger partial charge in [0.1, 0.15) is 17.6 Å². The summed E-state index contributed by atoms with van der Waals surface area (Å²) in [6.07, 6.45) is 3.14. The molecule has 2 heterocycles. The highest BCUT2D eigenvalue weighted by Gasteiger charge is 2.17. The zero-order valence-electron chi connectivity index (χ0n) is 11.3. The van der Waals surface area contributed by atoms with Crippen LogP contribution in [0.25, 0.3) is 0 Å². The van der Waals surface area contributed by atoms with Crippen molar-refractivity contribution in [2.45, 2.75) is 6.04 Å². The van der Waals surface area contributed by atoms with Gasteiger partial charge in [-0.05, 0) is 32.3 Å². The lowest BCUT2D eigenvalue weighted by Crippen LogP contribution is -2.26. The standard InChI is InChI=1S/C14H15ClN4O/c1-19(2)12(13-4-3-5-20-13)9-18-14-11(15)6-10(7-16)8-17-14/h3-6,8,12H,9H2,1-2H3,(H,17,18). The summed E-state index contributed by atoms with van der Waals surface area (Å²) in [6, 6.07) is 7.45. The van der Waals surface area contributed by atoms with Crippen molar-refractivity contribution in [2.24, 2.45) is 0 Å². The molecule has 1 unspecified atom stereocenters. The third-order valence-electron chi connectivity index (χ3n) is 2.93. The van der Waals surface area contributed by atoms with Crippen LogP contribution in [0.5, 0.6) is 0 Å². The van der Waals surface area contributed by atoms with Gasteiger partial charge in [-0.2, -0.15) is 5.26 Å². The highest BCUT2D eigenvalue weighted by molar-refractivity contribution is 6.33. The molecule has 1 atom stereocenters. The van der Waals surface area contributed by atoms with Crippen LogP contribution in [0.2, 0.25) is 5.02 Å². The number of halogens is 1. The maximum absolute atomic E-state index is 8.78. The van der Waals surface area contributed by atoms with E-state index in [0.717, 1.165) is 5.76 Å². The number of furan rings is 1. The summed E-state index contributed by atoms with van der Waals surface area (Å²) in [5.41, 5.74) is 0.441. The number of anilines is 1. The van der Waals surface area contributed by atoms with Crippen LogP contribution in [0.4, 0.5) is 5.82 Å². The first-order valence-electron chi connectivity index (χ1n) is 6.11. The van der Waals surface area contributed by atoms with E-state index >= 15 is 0 Å². The van der Waals surface area contributed by atoms with Gasteiger partial charge in [0.15, 0.2) is 0 Å². The number of hydrogen-bond acceptors (Lipinski definition) is 5. The molecule has 0 aliphatic heterocycles. The molecule has 1 N–H and O–H groups in total. The Bertz CT molecular complexity index is 604. The molecule has 0 radical (unpaired) electrons. The van der Waals surface area contributed by atoms with E-state index in [2.05, 4.69) is 10.3 Å². The van der Waals surface area contributed by atoms with E-state index in [4.69, 9.17) is 21.3 Å². The van der Waals surface area contributed by atoms with Gasteiger partial charge in [-0.3, -0.25) is 4.90 Å². The second-order valence-electron chi connectivity index (χ2n) is 4.54. The molecule has 0 aromatic carbocycles. The fourth-order valence-electron chi connectivity index (χ4n) is 1.84. The molecule has 0 spiro atoms. The second-order valence-corrected chi connectivity index (χ2v) is 4.95. The predicted molar refractivity (Wildman–Crippen MR) is 77.6 cm³/mol. The lowest BCUT2D eigenvalue weighted by molar-refractivity contribution is 0.269. The van der Waals surface area contributed by atoms with Gasteiger partial charge >= 0.3 is 0 Å². The van der Waals surface area contributed by atoms with E-state index in [1.807, 2.05) is 37.2 Å². The number of aromatic nitrogens is 1. The van der Waals surface area contributed by atoms with Crippen molar-refractivity contribution in [1.82, 2.24) is 9.88 Å². The van der Waals surface area contributed by atoms with E-state index in [1.54, 1.807) is 12.3 Å². The number of likely N-dealkylation sites (N-methyl/N-ethyl adjacent to an activating group) is 1. The molecular weight excluding hydrogens is 276 g/mol. The molecule has 0 aliphatic rings. The van der Waals surface area contributed by atoms with Gasteiger partial charge in [-0.25, -0.2) is 4.98 Å². The summed E-state index contributed by atoms with van der Waals surface area (Å²) >= 11 is 6.08. The molecule has 2 aromatic heterocycles. The first-order chi connectivity index (χ1) is 9.61. The van der Waals surface area contributed by atoms with Crippen LogP contribution in [0.15, 0.2) is 35.1 Å². The Morgan fingerprint density at radius 3 is 2.90 bits per heavy atom. The number of rotatable bonds is 5. The molecule has 0 saturated carbocycles. The minimum atomic E-state index is 0.0681. The first-order valence-corrected chi connectivity index (χ1v) is 6.49. The lowest BCUT2D eigenvalue weighted by atomic mass is 10.2. The van der Waals surface area contributed by atoms with Gasteiger partial charge in [0.2, 0.25) is 0 Å². The van der Waals surface area contributed by atoms with Crippen molar-refractivity contribution < 1.29 is 4.42 Å². The molecule has 104 valence electrons. The van der Waals surface area contributed by atoms with Gasteiger partial charge in [-0.15, -0.1) is 0 Å². The minimum absolute atomic E-state index is 0.0681. The number of nitriles is 1. The van der Waals surface area contributed by atoms with Crippen molar-refractivity contribution in [3.05, 3.63) is 47.0 Å². The van der Waals surface area contributed by atoms with Crippen molar-refractivity contribution in [2.75, 3.05) is 26.0 Å². The smallest absolute Gasteiger partial charge is 0.144 e. The van der Waals surface area contributed by atoms with Gasteiger partial charge in [0.05, 0.1) is 22.9 Å². The summed E-state index contributed by atoms with van der Waals surface area (Å²) in [5.74, 6) is 1.43. The maximum atomic E-state index is 8.78. The topological polar surface area (TPSA) is 65.1 Å². The van der Waals surface area contributed by atoms with Crippen LogP contribution in [-0.2, 0) is 0 Å². The molecule has 2 rings (SSSR count). The van der Waals surface area contributed by atoms with Crippen LogP contribution < -0.4 is 5.32 Å². The monoisotopic (exact) mass is 290 g/mol. The first kappa shape index (κ1) is 14.4. The highest BCUT2D eigenvalue weighted by atomic mass is 35.5. The van der Waals surface area contributed by atoms with Crippen molar-refractivity contribution in [3.8, 4) is 6.07 Å². The normalized spacial score (nSPS) is 12.2. The average molecular weight is 291 g/mol. The molecule has 0 aliphatic carbocycles. The van der Waals surface area contributed by atoms with Gasteiger partial charge in [0.25, 0.3) is 0 Å². The Morgan fingerprint density at radius 2 is 2.35 bits per heavy atom. The summed E-state index contributed by atoms with van der Waals surface area (Å²) < 4.78 is 5.43. The van der Waals surface area contributed by atoms with Crippen LogP contribution in [-0.4, -0.2) is 30.5 Å². The SMILES string of the molecule is CN(C)C(CNc1ncc(C#N)cc1Cl)c1ccco1. The van der Waals surface area contributed by atoms with Crippen LogP contribution in [0, 0.1) is 11.3 Å². The number of nitrogens with one attached hydrogen (secondary N) is 1. The molecule has 5 nitrogen and oxygen atoms in total. The van der Waals surface area contributed by atoms with Crippen LogP contribution >= 0.6 is 11.6 Å². The molecule has 0 fully saturated rings. The van der Waals surface area contributed by atoms with E-state index in [9.17, 15) is 0 Å². The largest absolute Gasteiger partial charge is 0.468 e. The fourth-order valence-corrected chi connectivity index (χ4v) is 2.07. The number of nitrogens with zero attached hydrogens (tertiary/aromatic N) is 3. The molecular formula is C14H15ClN4O. The van der Waals surface area contributed by atoms with Crippen LogP contribution in [0.1, 0.15) is 17.4 Å². The quantitative estimate of drug-likeness (QED) is 0.917. The Hall–Kier alpha value is -2.03. The molecule has 2 aromatic rings. The van der Waals surface area contributed by atoms with Crippen LogP contribution in [0.3, 0.4) is 0 Å². The average Bonchev–Trinajstić information content (AvgIpc) is 2.94. The third-order valence-corrected chi connectivity index (χ3v) is 3.22. The maximum Gasteiger partial charge on any atom is 0.144 e. The third kappa shape index (κ3) is 3.29. The Labute approximate surface area is 122 Å². The van der Waals surface area contributed by atoms with E-state index in [-0.39, 0.29) is 6.04 Å².